The van der Waals surface area contributed by atoms with Crippen LogP contribution in [0.25, 0.3) is 0 Å². The molecule has 2 unspecified atom stereocenters. The van der Waals surface area contributed by atoms with Gasteiger partial charge in [-0.15, -0.1) is 11.3 Å². The van der Waals surface area contributed by atoms with Gasteiger partial charge >= 0.3 is 0 Å². The number of nitrogens with one attached hydrogen (secondary N) is 1. The molecule has 0 spiro atoms. The van der Waals surface area contributed by atoms with Crippen molar-refractivity contribution in [2.75, 3.05) is 33.4 Å². The number of guanidine groups is 1. The molecule has 5 nitrogen and oxygen atoms in total. The molecule has 0 aromatic carbocycles. The Morgan fingerprint density at radius 2 is 2.32 bits per heavy atom. The number of halogens is 1. The maximum absolute atomic E-state index is 5.90. The van der Waals surface area contributed by atoms with E-state index < -0.39 is 0 Å². The third kappa shape index (κ3) is 4.01. The Labute approximate surface area is 143 Å². The fraction of sp³-hybridized carbons (Fsp3) is 0.667. The fourth-order valence-electron chi connectivity index (χ4n) is 2.93. The van der Waals surface area contributed by atoms with E-state index in [1.807, 2.05) is 7.05 Å². The van der Waals surface area contributed by atoms with Crippen molar-refractivity contribution in [2.24, 2.45) is 4.99 Å². The molecular weight excluding hydrogens is 366 g/mol. The first-order valence-corrected chi connectivity index (χ1v) is 9.35. The largest absolute Gasteiger partial charge is 0.375 e. The lowest BCUT2D eigenvalue weighted by Gasteiger charge is -2.37. The number of hydrogen-bond donors (Lipinski definition) is 1. The molecule has 2 aliphatic heterocycles. The Balaban J connectivity index is 1.55. The van der Waals surface area contributed by atoms with E-state index in [2.05, 4.69) is 42.6 Å². The van der Waals surface area contributed by atoms with Crippen LogP contribution in [-0.4, -0.2) is 56.4 Å². The van der Waals surface area contributed by atoms with Gasteiger partial charge in [0.2, 0.25) is 0 Å². The molecule has 3 rings (SSSR count). The van der Waals surface area contributed by atoms with Gasteiger partial charge in [0.05, 0.1) is 19.3 Å². The molecule has 2 saturated heterocycles. The predicted octanol–water partition coefficient (Wildman–Crippen LogP) is 2.47. The van der Waals surface area contributed by atoms with E-state index in [0.29, 0.717) is 0 Å². The molecule has 2 fully saturated rings. The molecule has 0 saturated carbocycles. The van der Waals surface area contributed by atoms with E-state index in [4.69, 9.17) is 9.47 Å². The van der Waals surface area contributed by atoms with Crippen LogP contribution in [0.4, 0.5) is 0 Å². The summed E-state index contributed by atoms with van der Waals surface area (Å²) in [5.41, 5.74) is 0. The van der Waals surface area contributed by atoms with Gasteiger partial charge in [-0.3, -0.25) is 4.99 Å². The van der Waals surface area contributed by atoms with Gasteiger partial charge in [-0.1, -0.05) is 0 Å². The number of rotatable bonds is 3. The summed E-state index contributed by atoms with van der Waals surface area (Å²) in [4.78, 5) is 7.99. The van der Waals surface area contributed by atoms with Crippen LogP contribution in [-0.2, 0) is 16.0 Å². The standard InChI is InChI=1S/C15H22BrN3O2S/c1-17-15(18-8-12-7-11(16)10-22-12)19-4-6-21-14(9-19)13-3-2-5-20-13/h7,10,13-14H,2-6,8-9H2,1H3,(H,17,18). The highest BCUT2D eigenvalue weighted by Gasteiger charge is 2.32. The van der Waals surface area contributed by atoms with Crippen LogP contribution in [0.5, 0.6) is 0 Å². The highest BCUT2D eigenvalue weighted by molar-refractivity contribution is 9.10. The molecule has 1 aromatic heterocycles. The molecule has 3 heterocycles. The van der Waals surface area contributed by atoms with Crippen molar-refractivity contribution >= 4 is 33.2 Å². The molecule has 0 radical (unpaired) electrons. The zero-order chi connectivity index (χ0) is 15.4. The third-order valence-electron chi connectivity index (χ3n) is 4.03. The van der Waals surface area contributed by atoms with Gasteiger partial charge in [-0.2, -0.15) is 0 Å². The van der Waals surface area contributed by atoms with E-state index in [9.17, 15) is 0 Å². The summed E-state index contributed by atoms with van der Waals surface area (Å²) in [5, 5.41) is 5.55. The average Bonchev–Trinajstić information content (AvgIpc) is 3.20. The average molecular weight is 388 g/mol. The van der Waals surface area contributed by atoms with Gasteiger partial charge in [0.25, 0.3) is 0 Å². The topological polar surface area (TPSA) is 46.1 Å². The summed E-state index contributed by atoms with van der Waals surface area (Å²) in [6.07, 6.45) is 2.65. The fourth-order valence-corrected chi connectivity index (χ4v) is 4.32. The molecule has 22 heavy (non-hydrogen) atoms. The SMILES string of the molecule is CN=C(NCc1cc(Br)cs1)N1CCOC(C2CCCO2)C1. The van der Waals surface area contributed by atoms with Crippen LogP contribution in [0.15, 0.2) is 20.9 Å². The van der Waals surface area contributed by atoms with Gasteiger partial charge in [-0.25, -0.2) is 0 Å². The molecule has 0 bridgehead atoms. The Morgan fingerprint density at radius 3 is 3.00 bits per heavy atom. The van der Waals surface area contributed by atoms with E-state index in [1.54, 1.807) is 11.3 Å². The van der Waals surface area contributed by atoms with Gasteiger partial charge in [0.15, 0.2) is 5.96 Å². The van der Waals surface area contributed by atoms with Gasteiger partial charge in [0.1, 0.15) is 6.10 Å². The quantitative estimate of drug-likeness (QED) is 0.639. The predicted molar refractivity (Wildman–Crippen MR) is 92.5 cm³/mol. The first kappa shape index (κ1) is 16.2. The lowest BCUT2D eigenvalue weighted by molar-refractivity contribution is -0.0817. The molecule has 1 N–H and O–H groups in total. The number of nitrogens with zero attached hydrogens (tertiary/aromatic N) is 2. The minimum atomic E-state index is 0.158. The second-order valence-electron chi connectivity index (χ2n) is 5.54. The Bertz CT molecular complexity index is 517. The van der Waals surface area contributed by atoms with Crippen LogP contribution >= 0.6 is 27.3 Å². The Morgan fingerprint density at radius 1 is 1.45 bits per heavy atom. The van der Waals surface area contributed by atoms with E-state index >= 15 is 0 Å². The van der Waals surface area contributed by atoms with Crippen LogP contribution < -0.4 is 5.32 Å². The minimum Gasteiger partial charge on any atom is -0.375 e. The maximum Gasteiger partial charge on any atom is 0.194 e. The Hall–Kier alpha value is -0.630. The van der Waals surface area contributed by atoms with Gasteiger partial charge in [-0.05, 0) is 34.8 Å². The van der Waals surface area contributed by atoms with Gasteiger partial charge < -0.3 is 19.7 Å². The van der Waals surface area contributed by atoms with Crippen molar-refractivity contribution in [1.82, 2.24) is 10.2 Å². The number of hydrogen-bond acceptors (Lipinski definition) is 4. The van der Waals surface area contributed by atoms with Crippen LogP contribution in [0.3, 0.4) is 0 Å². The summed E-state index contributed by atoms with van der Waals surface area (Å²) < 4.78 is 12.8. The number of ether oxygens (including phenoxy) is 2. The molecule has 0 aliphatic carbocycles. The van der Waals surface area contributed by atoms with Crippen molar-refractivity contribution in [3.8, 4) is 0 Å². The molecule has 1 aromatic rings. The van der Waals surface area contributed by atoms with Crippen LogP contribution in [0, 0.1) is 0 Å². The second-order valence-corrected chi connectivity index (χ2v) is 7.45. The lowest BCUT2D eigenvalue weighted by Crippen LogP contribution is -2.53. The van der Waals surface area contributed by atoms with Crippen LogP contribution in [0.1, 0.15) is 17.7 Å². The van der Waals surface area contributed by atoms with Crippen LogP contribution in [0.2, 0.25) is 0 Å². The van der Waals surface area contributed by atoms with Crippen molar-refractivity contribution in [3.63, 3.8) is 0 Å². The summed E-state index contributed by atoms with van der Waals surface area (Å²) in [5.74, 6) is 0.941. The summed E-state index contributed by atoms with van der Waals surface area (Å²) in [6, 6.07) is 2.14. The summed E-state index contributed by atoms with van der Waals surface area (Å²) in [7, 11) is 1.84. The van der Waals surface area contributed by atoms with E-state index in [1.165, 1.54) is 4.88 Å². The molecular formula is C15H22BrN3O2S. The molecule has 2 atom stereocenters. The zero-order valence-electron chi connectivity index (χ0n) is 12.8. The smallest absolute Gasteiger partial charge is 0.194 e. The zero-order valence-corrected chi connectivity index (χ0v) is 15.2. The van der Waals surface area contributed by atoms with Crippen molar-refractivity contribution < 1.29 is 9.47 Å². The first-order chi connectivity index (χ1) is 10.8. The summed E-state index contributed by atoms with van der Waals surface area (Å²) >= 11 is 5.23. The van der Waals surface area contributed by atoms with E-state index in [-0.39, 0.29) is 12.2 Å². The second kappa shape index (κ2) is 7.77. The monoisotopic (exact) mass is 387 g/mol. The normalized spacial score (nSPS) is 26.5. The molecule has 122 valence electrons. The first-order valence-electron chi connectivity index (χ1n) is 7.68. The maximum atomic E-state index is 5.90. The van der Waals surface area contributed by atoms with Crippen molar-refractivity contribution in [2.45, 2.75) is 31.6 Å². The van der Waals surface area contributed by atoms with Gasteiger partial charge in [0, 0.05) is 41.5 Å². The highest BCUT2D eigenvalue weighted by Crippen LogP contribution is 2.22. The third-order valence-corrected chi connectivity index (χ3v) is 5.72. The highest BCUT2D eigenvalue weighted by atomic mass is 79.9. The summed E-state index contributed by atoms with van der Waals surface area (Å²) in [6.45, 7) is 4.11. The Kier molecular flexibility index (Phi) is 5.73. The molecule has 0 amide bonds. The van der Waals surface area contributed by atoms with Crippen molar-refractivity contribution in [3.05, 3.63) is 20.8 Å². The number of morpholine rings is 1. The molecule has 2 aliphatic rings. The number of aliphatic imine (C=N–C) groups is 1. The van der Waals surface area contributed by atoms with E-state index in [0.717, 1.165) is 56.1 Å². The van der Waals surface area contributed by atoms with Crippen molar-refractivity contribution in [1.29, 1.82) is 0 Å². The number of thiophene rings is 1. The lowest BCUT2D eigenvalue weighted by atomic mass is 10.1. The molecule has 7 heteroatoms. The minimum absolute atomic E-state index is 0.158.